The first kappa shape index (κ1) is 33.7. The van der Waals surface area contributed by atoms with E-state index in [1.807, 2.05) is 29.5 Å². The molecule has 9 nitrogen and oxygen atoms in total. The molecule has 4 rings (SSSR count). The Labute approximate surface area is 267 Å². The summed E-state index contributed by atoms with van der Waals surface area (Å²) in [6, 6.07) is 5.88. The molecule has 0 aliphatic carbocycles. The molecule has 2 saturated heterocycles. The number of carboxylic acids is 1. The zero-order valence-electron chi connectivity index (χ0n) is 24.1. The third-order valence-electron chi connectivity index (χ3n) is 8.05. The van der Waals surface area contributed by atoms with Gasteiger partial charge in [0.25, 0.3) is 5.91 Å². The molecule has 0 saturated carbocycles. The number of hydrogen-bond donors (Lipinski definition) is 4. The Hall–Kier alpha value is -3.17. The molecule has 0 radical (unpaired) electrons. The minimum atomic E-state index is -1.31. The molecule has 2 unspecified atom stereocenters. The van der Waals surface area contributed by atoms with Crippen molar-refractivity contribution in [3.8, 4) is 0 Å². The highest BCUT2D eigenvalue weighted by Gasteiger charge is 2.50. The molecule has 0 spiro atoms. The number of nitrogens with zero attached hydrogens (tertiary/aromatic N) is 1. The lowest BCUT2D eigenvalue weighted by Crippen LogP contribution is -2.72. The Morgan fingerprint density at radius 3 is 2.52 bits per heavy atom. The zero-order valence-corrected chi connectivity index (χ0v) is 26.3. The van der Waals surface area contributed by atoms with Gasteiger partial charge in [-0.1, -0.05) is 13.3 Å². The molecule has 2 heterocycles. The van der Waals surface area contributed by atoms with Crippen LogP contribution in [0.1, 0.15) is 55.8 Å². The molecule has 13 heteroatoms. The van der Waals surface area contributed by atoms with E-state index in [1.165, 1.54) is 17.0 Å². The standard InChI is InChI=1S/C31H35F3IN3O6/c1-2-3-20(44-27(41)13-12-26(39)40)7-4-18-5-11-25(36-15-18)31(43)16-38(17-31)30(42)21-8-9-22(32)28(34)29(21)37-24-10-6-19(35)14-23(24)33/h6,8-10,12-14,18,20,25,36-37,43H,2-5,7,11,15-17H2,1H3,(H,39,40)/b13-12+/t18?,20?,25-/m0/s1. The maximum atomic E-state index is 14.8. The normalized spacial score (nSPS) is 20.2. The van der Waals surface area contributed by atoms with Crippen molar-refractivity contribution in [2.75, 3.05) is 25.0 Å². The van der Waals surface area contributed by atoms with Gasteiger partial charge in [-0.25, -0.2) is 22.8 Å². The van der Waals surface area contributed by atoms with Crippen molar-refractivity contribution in [3.05, 3.63) is 69.1 Å². The minimum absolute atomic E-state index is 0.0110. The molecule has 4 N–H and O–H groups in total. The number of hydrogen-bond acceptors (Lipinski definition) is 7. The number of halogens is 4. The Morgan fingerprint density at radius 2 is 1.89 bits per heavy atom. The van der Waals surface area contributed by atoms with Gasteiger partial charge in [0.15, 0.2) is 11.6 Å². The SMILES string of the molecule is CCCC(CCC1CC[C@@H](C2(O)CN(C(=O)c3ccc(F)c(F)c3Nc3ccc(I)cc3F)C2)NC1)OC(=O)/C=C/C(=O)O. The number of carbonyl (C=O) groups excluding carboxylic acids is 2. The molecular weight excluding hydrogens is 694 g/mol. The molecule has 0 aromatic heterocycles. The van der Waals surface area contributed by atoms with E-state index < -0.39 is 46.6 Å². The van der Waals surface area contributed by atoms with Crippen molar-refractivity contribution in [2.45, 2.75) is 63.2 Å². The summed E-state index contributed by atoms with van der Waals surface area (Å²) in [7, 11) is 0. The number of β-amino-alcohol motifs (C(OH)–C–C–N with tert-alkyl or cyclic N) is 1. The molecule has 3 atom stereocenters. The summed E-state index contributed by atoms with van der Waals surface area (Å²) in [5, 5.41) is 25.9. The van der Waals surface area contributed by atoms with Gasteiger partial charge in [-0.2, -0.15) is 0 Å². The van der Waals surface area contributed by atoms with Gasteiger partial charge in [-0.05, 0) is 97.5 Å². The number of piperidine rings is 1. The zero-order chi connectivity index (χ0) is 32.0. The van der Waals surface area contributed by atoms with E-state index in [1.54, 1.807) is 6.07 Å². The van der Waals surface area contributed by atoms with E-state index in [4.69, 9.17) is 9.84 Å². The fourth-order valence-corrected chi connectivity index (χ4v) is 6.15. The van der Waals surface area contributed by atoms with Gasteiger partial charge < -0.3 is 30.5 Å². The number of anilines is 2. The Kier molecular flexibility index (Phi) is 11.3. The number of nitrogens with one attached hydrogen (secondary N) is 2. The van der Waals surface area contributed by atoms with Crippen LogP contribution in [0.4, 0.5) is 24.5 Å². The van der Waals surface area contributed by atoms with Crippen molar-refractivity contribution in [1.29, 1.82) is 0 Å². The largest absolute Gasteiger partial charge is 0.478 e. The van der Waals surface area contributed by atoms with Gasteiger partial charge in [0, 0.05) is 21.8 Å². The van der Waals surface area contributed by atoms with Crippen molar-refractivity contribution in [1.82, 2.24) is 10.2 Å². The van der Waals surface area contributed by atoms with Crippen LogP contribution in [0.5, 0.6) is 0 Å². The summed E-state index contributed by atoms with van der Waals surface area (Å²) in [6.07, 6.45) is 5.64. The van der Waals surface area contributed by atoms with Gasteiger partial charge >= 0.3 is 11.9 Å². The fraction of sp³-hybridized carbons (Fsp3) is 0.452. The minimum Gasteiger partial charge on any atom is -0.478 e. The highest BCUT2D eigenvalue weighted by molar-refractivity contribution is 14.1. The number of esters is 1. The van der Waals surface area contributed by atoms with E-state index in [-0.39, 0.29) is 42.4 Å². The second kappa shape index (κ2) is 14.7. The number of rotatable bonds is 12. The lowest BCUT2D eigenvalue weighted by atomic mass is 9.78. The molecule has 2 fully saturated rings. The van der Waals surface area contributed by atoms with Crippen LogP contribution >= 0.6 is 22.6 Å². The summed E-state index contributed by atoms with van der Waals surface area (Å²) in [6.45, 7) is 2.57. The first-order valence-corrected chi connectivity index (χ1v) is 15.5. The van der Waals surface area contributed by atoms with E-state index in [2.05, 4.69) is 10.6 Å². The molecule has 44 heavy (non-hydrogen) atoms. The molecule has 238 valence electrons. The van der Waals surface area contributed by atoms with Crippen LogP contribution < -0.4 is 10.6 Å². The summed E-state index contributed by atoms with van der Waals surface area (Å²) in [5.41, 5.74) is -1.97. The molecule has 2 aliphatic rings. The predicted octanol–water partition coefficient (Wildman–Crippen LogP) is 5.14. The predicted molar refractivity (Wildman–Crippen MR) is 165 cm³/mol. The van der Waals surface area contributed by atoms with Crippen molar-refractivity contribution in [3.63, 3.8) is 0 Å². The summed E-state index contributed by atoms with van der Waals surface area (Å²) in [5.74, 6) is -5.44. The van der Waals surface area contributed by atoms with Gasteiger partial charge in [0.2, 0.25) is 0 Å². The van der Waals surface area contributed by atoms with Crippen LogP contribution in [0.15, 0.2) is 42.5 Å². The Morgan fingerprint density at radius 1 is 1.14 bits per heavy atom. The average Bonchev–Trinajstić information content (AvgIpc) is 2.97. The summed E-state index contributed by atoms with van der Waals surface area (Å²) in [4.78, 5) is 37.2. The number of aliphatic carboxylic acids is 1. The van der Waals surface area contributed by atoms with Gasteiger partial charge in [0.05, 0.1) is 30.0 Å². The van der Waals surface area contributed by atoms with Crippen LogP contribution in [0.2, 0.25) is 0 Å². The highest BCUT2D eigenvalue weighted by atomic mass is 127. The first-order valence-electron chi connectivity index (χ1n) is 14.5. The van der Waals surface area contributed by atoms with Crippen LogP contribution in [0.25, 0.3) is 0 Å². The molecular formula is C31H35F3IN3O6. The molecule has 2 aromatic carbocycles. The highest BCUT2D eigenvalue weighted by Crippen LogP contribution is 2.35. The quantitative estimate of drug-likeness (QED) is 0.135. The van der Waals surface area contributed by atoms with Gasteiger partial charge in [0.1, 0.15) is 17.5 Å². The van der Waals surface area contributed by atoms with E-state index in [0.29, 0.717) is 29.4 Å². The fourth-order valence-electron chi connectivity index (χ4n) is 5.69. The number of ether oxygens (including phenoxy) is 1. The average molecular weight is 730 g/mol. The lowest BCUT2D eigenvalue weighted by molar-refractivity contribution is -0.144. The third-order valence-corrected chi connectivity index (χ3v) is 8.72. The van der Waals surface area contributed by atoms with Crippen LogP contribution in [-0.2, 0) is 14.3 Å². The number of carboxylic acid groups (broad SMARTS) is 1. The second-order valence-corrected chi connectivity index (χ2v) is 12.5. The van der Waals surface area contributed by atoms with Crippen LogP contribution in [0.3, 0.4) is 0 Å². The van der Waals surface area contributed by atoms with Crippen LogP contribution in [0, 0.1) is 26.9 Å². The van der Waals surface area contributed by atoms with Crippen molar-refractivity contribution < 1.29 is 42.5 Å². The Balaban J connectivity index is 1.31. The number of carbonyl (C=O) groups is 3. The van der Waals surface area contributed by atoms with E-state index >= 15 is 0 Å². The summed E-state index contributed by atoms with van der Waals surface area (Å²) < 4.78 is 49.4. The molecule has 1 amide bonds. The summed E-state index contributed by atoms with van der Waals surface area (Å²) >= 11 is 1.92. The Bertz CT molecular complexity index is 1410. The van der Waals surface area contributed by atoms with Crippen molar-refractivity contribution >= 4 is 51.8 Å². The molecule has 2 aliphatic heterocycles. The number of likely N-dealkylation sites (tertiary alicyclic amines) is 1. The number of amides is 1. The number of aliphatic hydroxyl groups is 1. The molecule has 0 bridgehead atoms. The second-order valence-electron chi connectivity index (χ2n) is 11.3. The maximum Gasteiger partial charge on any atom is 0.331 e. The van der Waals surface area contributed by atoms with Crippen LogP contribution in [-0.4, -0.2) is 70.3 Å². The maximum absolute atomic E-state index is 14.8. The lowest BCUT2D eigenvalue weighted by Gasteiger charge is -2.52. The van der Waals surface area contributed by atoms with Crippen molar-refractivity contribution in [2.24, 2.45) is 5.92 Å². The van der Waals surface area contributed by atoms with E-state index in [0.717, 1.165) is 43.5 Å². The number of benzene rings is 2. The van der Waals surface area contributed by atoms with Gasteiger partial charge in [-0.15, -0.1) is 0 Å². The van der Waals surface area contributed by atoms with Gasteiger partial charge in [-0.3, -0.25) is 4.79 Å². The topological polar surface area (TPSA) is 128 Å². The van der Waals surface area contributed by atoms with E-state index in [9.17, 15) is 32.7 Å². The molecule has 2 aromatic rings. The smallest absolute Gasteiger partial charge is 0.331 e. The monoisotopic (exact) mass is 729 g/mol. The third kappa shape index (κ3) is 8.30. The first-order chi connectivity index (χ1) is 20.9.